The maximum absolute atomic E-state index is 12.6. The first kappa shape index (κ1) is 17.4. The van der Waals surface area contributed by atoms with E-state index in [4.69, 9.17) is 4.74 Å². The summed E-state index contributed by atoms with van der Waals surface area (Å²) in [5, 5.41) is 10.9. The summed E-state index contributed by atoms with van der Waals surface area (Å²) in [6.07, 6.45) is 5.35. The van der Waals surface area contributed by atoms with Crippen LogP contribution in [-0.2, 0) is 0 Å². The lowest BCUT2D eigenvalue weighted by Crippen LogP contribution is -2.50. The van der Waals surface area contributed by atoms with Gasteiger partial charge in [-0.25, -0.2) is 9.97 Å². The molecule has 1 heterocycles. The van der Waals surface area contributed by atoms with Gasteiger partial charge in [-0.15, -0.1) is 0 Å². The Morgan fingerprint density at radius 1 is 1.12 bits per heavy atom. The molecule has 0 radical (unpaired) electrons. The number of aromatic nitrogens is 2. The van der Waals surface area contributed by atoms with Gasteiger partial charge in [0.1, 0.15) is 18.0 Å². The van der Waals surface area contributed by atoms with Gasteiger partial charge in [0.15, 0.2) is 0 Å². The first-order valence-corrected chi connectivity index (χ1v) is 8.61. The van der Waals surface area contributed by atoms with Crippen LogP contribution in [0.15, 0.2) is 48.8 Å². The van der Waals surface area contributed by atoms with Gasteiger partial charge in [-0.1, -0.05) is 24.6 Å². The number of aliphatic hydroxyl groups excluding tert-OH is 1. The van der Waals surface area contributed by atoms with Crippen molar-refractivity contribution in [1.29, 1.82) is 0 Å². The van der Waals surface area contributed by atoms with Gasteiger partial charge in [0.05, 0.1) is 6.04 Å². The second kappa shape index (κ2) is 8.07. The van der Waals surface area contributed by atoms with Crippen LogP contribution in [0.5, 0.6) is 5.75 Å². The third kappa shape index (κ3) is 4.14. The van der Waals surface area contributed by atoms with Crippen molar-refractivity contribution in [2.24, 2.45) is 0 Å². The fraction of sp³-hybridized carbons (Fsp3) is 0.421. The highest BCUT2D eigenvalue weighted by Crippen LogP contribution is 2.26. The van der Waals surface area contributed by atoms with Crippen molar-refractivity contribution in [3.05, 3.63) is 54.6 Å². The minimum absolute atomic E-state index is 0.141. The standard InChI is InChI=1S/C19H23N3O3/c1-22(19(24)18-20-12-7-13-21-18)15-10-5-6-11-16(17(15)23)25-14-8-3-2-4-9-14/h2-4,7-9,12-13,15-17,23H,5-6,10-11H2,1H3/t15-,16-,17-/m1/s1. The number of amides is 1. The fourth-order valence-corrected chi connectivity index (χ4v) is 3.23. The molecule has 1 N–H and O–H groups in total. The molecule has 1 aromatic carbocycles. The molecular weight excluding hydrogens is 318 g/mol. The summed E-state index contributed by atoms with van der Waals surface area (Å²) in [6, 6.07) is 10.8. The molecule has 1 amide bonds. The Morgan fingerprint density at radius 3 is 2.52 bits per heavy atom. The van der Waals surface area contributed by atoms with Crippen molar-refractivity contribution < 1.29 is 14.6 Å². The first-order chi connectivity index (χ1) is 12.2. The van der Waals surface area contributed by atoms with E-state index < -0.39 is 6.10 Å². The Bertz CT molecular complexity index is 681. The van der Waals surface area contributed by atoms with Crippen LogP contribution in [0, 0.1) is 0 Å². The van der Waals surface area contributed by atoms with E-state index in [0.717, 1.165) is 31.4 Å². The molecule has 25 heavy (non-hydrogen) atoms. The van der Waals surface area contributed by atoms with E-state index in [9.17, 15) is 9.90 Å². The molecule has 0 aliphatic heterocycles. The molecule has 2 aromatic rings. The zero-order valence-corrected chi connectivity index (χ0v) is 14.3. The smallest absolute Gasteiger partial charge is 0.291 e. The number of carbonyl (C=O) groups is 1. The van der Waals surface area contributed by atoms with Crippen molar-refractivity contribution in [2.75, 3.05) is 7.05 Å². The van der Waals surface area contributed by atoms with Gasteiger partial charge in [0.2, 0.25) is 5.82 Å². The molecule has 1 saturated carbocycles. The Hall–Kier alpha value is -2.47. The molecule has 1 aliphatic rings. The van der Waals surface area contributed by atoms with Crippen molar-refractivity contribution in [3.63, 3.8) is 0 Å². The van der Waals surface area contributed by atoms with Crippen LogP contribution in [-0.4, -0.2) is 51.2 Å². The van der Waals surface area contributed by atoms with E-state index in [1.54, 1.807) is 30.4 Å². The summed E-state index contributed by atoms with van der Waals surface area (Å²) in [5.41, 5.74) is 0. The Morgan fingerprint density at radius 2 is 1.80 bits per heavy atom. The van der Waals surface area contributed by atoms with Crippen molar-refractivity contribution >= 4 is 5.91 Å². The molecule has 0 spiro atoms. The zero-order chi connectivity index (χ0) is 17.6. The monoisotopic (exact) mass is 341 g/mol. The number of rotatable bonds is 4. The van der Waals surface area contributed by atoms with Gasteiger partial charge in [-0.05, 0) is 37.5 Å². The Balaban J connectivity index is 1.74. The van der Waals surface area contributed by atoms with E-state index in [2.05, 4.69) is 9.97 Å². The van der Waals surface area contributed by atoms with Gasteiger partial charge in [-0.3, -0.25) is 4.79 Å². The number of carbonyl (C=O) groups excluding carboxylic acids is 1. The van der Waals surface area contributed by atoms with Crippen LogP contribution < -0.4 is 4.74 Å². The van der Waals surface area contributed by atoms with Crippen LogP contribution in [0.2, 0.25) is 0 Å². The summed E-state index contributed by atoms with van der Waals surface area (Å²) < 4.78 is 5.99. The van der Waals surface area contributed by atoms with Crippen LogP contribution in [0.1, 0.15) is 36.3 Å². The van der Waals surface area contributed by atoms with E-state index >= 15 is 0 Å². The summed E-state index contributed by atoms with van der Waals surface area (Å²) in [6.45, 7) is 0. The van der Waals surface area contributed by atoms with E-state index in [0.29, 0.717) is 0 Å². The largest absolute Gasteiger partial charge is 0.488 e. The molecule has 1 aromatic heterocycles. The number of hydrogen-bond donors (Lipinski definition) is 1. The highest BCUT2D eigenvalue weighted by molar-refractivity contribution is 5.90. The van der Waals surface area contributed by atoms with E-state index in [-0.39, 0.29) is 23.9 Å². The van der Waals surface area contributed by atoms with Crippen molar-refractivity contribution in [1.82, 2.24) is 14.9 Å². The summed E-state index contributed by atoms with van der Waals surface area (Å²) in [7, 11) is 1.69. The number of aliphatic hydroxyl groups is 1. The SMILES string of the molecule is CN(C(=O)c1ncccn1)[C@@H]1CCCC[C@@H](Oc2ccccc2)[C@@H]1O. The van der Waals surface area contributed by atoms with Gasteiger partial charge >= 0.3 is 0 Å². The number of benzene rings is 1. The number of ether oxygens (including phenoxy) is 1. The van der Waals surface area contributed by atoms with E-state index in [1.807, 2.05) is 30.3 Å². The highest BCUT2D eigenvalue weighted by atomic mass is 16.5. The third-order valence-electron chi connectivity index (χ3n) is 4.62. The fourth-order valence-electron chi connectivity index (χ4n) is 3.23. The second-order valence-corrected chi connectivity index (χ2v) is 6.30. The van der Waals surface area contributed by atoms with Gasteiger partial charge in [-0.2, -0.15) is 0 Å². The lowest BCUT2D eigenvalue weighted by Gasteiger charge is -2.33. The molecular formula is C19H23N3O3. The minimum Gasteiger partial charge on any atom is -0.488 e. The average Bonchev–Trinajstić information content (AvgIpc) is 2.84. The summed E-state index contributed by atoms with van der Waals surface area (Å²) in [5.74, 6) is 0.583. The lowest BCUT2D eigenvalue weighted by molar-refractivity contribution is -0.0146. The van der Waals surface area contributed by atoms with Crippen LogP contribution in [0.25, 0.3) is 0 Å². The van der Waals surface area contributed by atoms with Gasteiger partial charge in [0, 0.05) is 19.4 Å². The maximum atomic E-state index is 12.6. The summed E-state index contributed by atoms with van der Waals surface area (Å²) in [4.78, 5) is 22.2. The van der Waals surface area contributed by atoms with Crippen LogP contribution in [0.3, 0.4) is 0 Å². The van der Waals surface area contributed by atoms with Crippen molar-refractivity contribution in [3.8, 4) is 5.75 Å². The van der Waals surface area contributed by atoms with Crippen molar-refractivity contribution in [2.45, 2.75) is 43.9 Å². The molecule has 0 saturated heterocycles. The molecule has 1 fully saturated rings. The minimum atomic E-state index is -0.764. The number of nitrogens with zero attached hydrogens (tertiary/aromatic N) is 3. The number of para-hydroxylation sites is 1. The third-order valence-corrected chi connectivity index (χ3v) is 4.62. The van der Waals surface area contributed by atoms with Gasteiger partial charge < -0.3 is 14.7 Å². The average molecular weight is 341 g/mol. The molecule has 6 heteroatoms. The Labute approximate surface area is 147 Å². The maximum Gasteiger partial charge on any atom is 0.291 e. The predicted octanol–water partition coefficient (Wildman–Crippen LogP) is 2.30. The lowest BCUT2D eigenvalue weighted by atomic mass is 10.0. The molecule has 0 bridgehead atoms. The van der Waals surface area contributed by atoms with Gasteiger partial charge in [0.25, 0.3) is 5.91 Å². The van der Waals surface area contributed by atoms with Crippen LogP contribution in [0.4, 0.5) is 0 Å². The highest BCUT2D eigenvalue weighted by Gasteiger charge is 2.36. The number of likely N-dealkylation sites (N-methyl/N-ethyl adjacent to an activating group) is 1. The topological polar surface area (TPSA) is 75.6 Å². The molecule has 0 unspecified atom stereocenters. The second-order valence-electron chi connectivity index (χ2n) is 6.30. The van der Waals surface area contributed by atoms with E-state index in [1.165, 1.54) is 0 Å². The molecule has 1 aliphatic carbocycles. The normalized spacial score (nSPS) is 23.5. The molecule has 132 valence electrons. The Kier molecular flexibility index (Phi) is 5.60. The summed E-state index contributed by atoms with van der Waals surface area (Å²) >= 11 is 0. The quantitative estimate of drug-likeness (QED) is 0.864. The molecule has 3 rings (SSSR count). The number of hydrogen-bond acceptors (Lipinski definition) is 5. The molecule has 6 nitrogen and oxygen atoms in total. The first-order valence-electron chi connectivity index (χ1n) is 8.61. The zero-order valence-electron chi connectivity index (χ0n) is 14.3. The van der Waals surface area contributed by atoms with Crippen LogP contribution >= 0.6 is 0 Å². The predicted molar refractivity (Wildman–Crippen MR) is 93.2 cm³/mol. The molecule has 3 atom stereocenters.